The van der Waals surface area contributed by atoms with Crippen molar-refractivity contribution < 1.29 is 19.1 Å². The van der Waals surface area contributed by atoms with Gasteiger partial charge in [-0.2, -0.15) is 0 Å². The first-order chi connectivity index (χ1) is 16.3. The lowest BCUT2D eigenvalue weighted by Gasteiger charge is -2.28. The Hall–Kier alpha value is -4.13. The molecule has 7 heteroatoms. The standard InChI is InChI=1S/C27H29N3O4/c1-19(28-27(33)34-18-21-11-6-4-7-12-21)26(32)30(3)20(2)23-15-10-16-24(17-23)29-25(31)22-13-8-5-9-14-22/h4-17,19-20H,18H2,1-3H3,(H,28,33)(H,29,31)/t19-,20+/m1/s1. The van der Waals surface area contributed by atoms with Gasteiger partial charge < -0.3 is 20.3 Å². The number of nitrogens with one attached hydrogen (secondary N) is 2. The zero-order valence-electron chi connectivity index (χ0n) is 19.5. The maximum atomic E-state index is 12.9. The molecule has 176 valence electrons. The number of amides is 3. The number of hydrogen-bond donors (Lipinski definition) is 2. The molecule has 0 bridgehead atoms. The highest BCUT2D eigenvalue weighted by Crippen LogP contribution is 2.23. The number of alkyl carbamates (subject to hydrolysis) is 1. The average molecular weight is 460 g/mol. The predicted octanol–water partition coefficient (Wildman–Crippen LogP) is 4.77. The van der Waals surface area contributed by atoms with Gasteiger partial charge in [0.1, 0.15) is 12.6 Å². The molecule has 0 aromatic heterocycles. The van der Waals surface area contributed by atoms with Crippen LogP contribution in [-0.4, -0.2) is 35.9 Å². The number of carbonyl (C=O) groups excluding carboxylic acids is 3. The molecule has 0 saturated carbocycles. The highest BCUT2D eigenvalue weighted by Gasteiger charge is 2.24. The van der Waals surface area contributed by atoms with E-state index in [1.165, 1.54) is 0 Å². The number of rotatable bonds is 8. The summed E-state index contributed by atoms with van der Waals surface area (Å²) in [5, 5.41) is 5.47. The van der Waals surface area contributed by atoms with Crippen LogP contribution in [0.25, 0.3) is 0 Å². The van der Waals surface area contributed by atoms with Crippen LogP contribution in [0.15, 0.2) is 84.9 Å². The zero-order chi connectivity index (χ0) is 24.5. The van der Waals surface area contributed by atoms with E-state index >= 15 is 0 Å². The van der Waals surface area contributed by atoms with Gasteiger partial charge in [-0.25, -0.2) is 4.79 Å². The van der Waals surface area contributed by atoms with Crippen molar-refractivity contribution in [3.63, 3.8) is 0 Å². The highest BCUT2D eigenvalue weighted by atomic mass is 16.5. The van der Waals surface area contributed by atoms with Gasteiger partial charge in [0.05, 0.1) is 6.04 Å². The monoisotopic (exact) mass is 459 g/mol. The lowest BCUT2D eigenvalue weighted by atomic mass is 10.1. The summed E-state index contributed by atoms with van der Waals surface area (Å²) in [7, 11) is 1.68. The van der Waals surface area contributed by atoms with Crippen molar-refractivity contribution in [1.82, 2.24) is 10.2 Å². The molecule has 0 spiro atoms. The second-order valence-electron chi connectivity index (χ2n) is 8.00. The van der Waals surface area contributed by atoms with Crippen LogP contribution in [0.4, 0.5) is 10.5 Å². The van der Waals surface area contributed by atoms with E-state index in [2.05, 4.69) is 10.6 Å². The van der Waals surface area contributed by atoms with Gasteiger partial charge in [0, 0.05) is 18.3 Å². The third kappa shape index (κ3) is 6.68. The minimum atomic E-state index is -0.767. The van der Waals surface area contributed by atoms with E-state index in [-0.39, 0.29) is 24.5 Å². The third-order valence-corrected chi connectivity index (χ3v) is 5.51. The molecule has 0 fully saturated rings. The SMILES string of the molecule is C[C@@H](NC(=O)OCc1ccccc1)C(=O)N(C)[C@@H](C)c1cccc(NC(=O)c2ccccc2)c1. The van der Waals surface area contributed by atoms with Crippen molar-refractivity contribution >= 4 is 23.6 Å². The second kappa shape index (κ2) is 11.7. The Morgan fingerprint density at radius 3 is 2.21 bits per heavy atom. The number of nitrogens with zero attached hydrogens (tertiary/aromatic N) is 1. The molecule has 3 aromatic rings. The summed E-state index contributed by atoms with van der Waals surface area (Å²) in [5.41, 5.74) is 2.91. The van der Waals surface area contributed by atoms with Crippen LogP contribution < -0.4 is 10.6 Å². The van der Waals surface area contributed by atoms with Gasteiger partial charge in [0.2, 0.25) is 5.91 Å². The lowest BCUT2D eigenvalue weighted by Crippen LogP contribution is -2.46. The van der Waals surface area contributed by atoms with Crippen LogP contribution in [0, 0.1) is 0 Å². The molecular formula is C27H29N3O4. The summed E-state index contributed by atoms with van der Waals surface area (Å²) in [5.74, 6) is -0.468. The Morgan fingerprint density at radius 2 is 1.53 bits per heavy atom. The number of hydrogen-bond acceptors (Lipinski definition) is 4. The molecular weight excluding hydrogens is 430 g/mol. The van der Waals surface area contributed by atoms with Crippen molar-refractivity contribution in [1.29, 1.82) is 0 Å². The predicted molar refractivity (Wildman–Crippen MR) is 131 cm³/mol. The summed E-state index contributed by atoms with van der Waals surface area (Å²) in [6, 6.07) is 24.6. The summed E-state index contributed by atoms with van der Waals surface area (Å²) >= 11 is 0. The van der Waals surface area contributed by atoms with E-state index in [1.807, 2.05) is 61.5 Å². The fourth-order valence-corrected chi connectivity index (χ4v) is 3.39. The van der Waals surface area contributed by atoms with Gasteiger partial charge in [-0.3, -0.25) is 9.59 Å². The molecule has 0 radical (unpaired) electrons. The number of carbonyl (C=O) groups is 3. The van der Waals surface area contributed by atoms with E-state index in [4.69, 9.17) is 4.74 Å². The van der Waals surface area contributed by atoms with Crippen LogP contribution in [0.2, 0.25) is 0 Å². The van der Waals surface area contributed by atoms with Crippen molar-refractivity contribution in [2.45, 2.75) is 32.5 Å². The van der Waals surface area contributed by atoms with Gasteiger partial charge in [0.15, 0.2) is 0 Å². The molecule has 2 atom stereocenters. The van der Waals surface area contributed by atoms with Gasteiger partial charge >= 0.3 is 6.09 Å². The molecule has 0 aliphatic carbocycles. The van der Waals surface area contributed by atoms with E-state index < -0.39 is 12.1 Å². The van der Waals surface area contributed by atoms with Gasteiger partial charge in [-0.1, -0.05) is 60.7 Å². The maximum absolute atomic E-state index is 12.9. The second-order valence-corrected chi connectivity index (χ2v) is 8.00. The smallest absolute Gasteiger partial charge is 0.408 e. The molecule has 3 amide bonds. The molecule has 3 aromatic carbocycles. The fraction of sp³-hybridized carbons (Fsp3) is 0.222. The summed E-state index contributed by atoms with van der Waals surface area (Å²) in [6.07, 6.45) is -0.656. The first-order valence-corrected chi connectivity index (χ1v) is 11.1. The minimum absolute atomic E-state index is 0.126. The van der Waals surface area contributed by atoms with E-state index in [0.29, 0.717) is 11.3 Å². The van der Waals surface area contributed by atoms with Gasteiger partial charge in [0.25, 0.3) is 5.91 Å². The molecule has 0 aliphatic rings. The van der Waals surface area contributed by atoms with Crippen molar-refractivity contribution in [3.05, 3.63) is 102 Å². The highest BCUT2D eigenvalue weighted by molar-refractivity contribution is 6.04. The quantitative estimate of drug-likeness (QED) is 0.508. The Bertz CT molecular complexity index is 1120. The molecule has 7 nitrogen and oxygen atoms in total. The average Bonchev–Trinajstić information content (AvgIpc) is 2.87. The van der Waals surface area contributed by atoms with Crippen molar-refractivity contribution in [3.8, 4) is 0 Å². The maximum Gasteiger partial charge on any atom is 0.408 e. The van der Waals surface area contributed by atoms with Crippen molar-refractivity contribution in [2.75, 3.05) is 12.4 Å². The van der Waals surface area contributed by atoms with Crippen LogP contribution in [0.3, 0.4) is 0 Å². The topological polar surface area (TPSA) is 87.7 Å². The number of ether oxygens (including phenoxy) is 1. The molecule has 0 heterocycles. The van der Waals surface area contributed by atoms with Crippen LogP contribution in [-0.2, 0) is 16.1 Å². The number of likely N-dealkylation sites (N-methyl/N-ethyl adjacent to an activating group) is 1. The van der Waals surface area contributed by atoms with Gasteiger partial charge in [-0.15, -0.1) is 0 Å². The minimum Gasteiger partial charge on any atom is -0.445 e. The molecule has 0 aliphatic heterocycles. The van der Waals surface area contributed by atoms with Crippen molar-refractivity contribution in [2.24, 2.45) is 0 Å². The Labute approximate surface area is 199 Å². The first-order valence-electron chi connectivity index (χ1n) is 11.1. The molecule has 34 heavy (non-hydrogen) atoms. The Kier molecular flexibility index (Phi) is 8.40. The number of benzene rings is 3. The summed E-state index contributed by atoms with van der Waals surface area (Å²) in [6.45, 7) is 3.63. The molecule has 2 N–H and O–H groups in total. The Morgan fingerprint density at radius 1 is 0.882 bits per heavy atom. The number of anilines is 1. The van der Waals surface area contributed by atoms with Crippen LogP contribution in [0.1, 0.15) is 41.4 Å². The molecule has 0 unspecified atom stereocenters. The first kappa shape index (κ1) is 24.5. The van der Waals surface area contributed by atoms with Gasteiger partial charge in [-0.05, 0) is 49.2 Å². The van der Waals surface area contributed by atoms with E-state index in [0.717, 1.165) is 11.1 Å². The normalized spacial score (nSPS) is 12.2. The molecule has 0 saturated heterocycles. The Balaban J connectivity index is 1.56. The lowest BCUT2D eigenvalue weighted by molar-refractivity contribution is -0.133. The fourth-order valence-electron chi connectivity index (χ4n) is 3.39. The summed E-state index contributed by atoms with van der Waals surface area (Å²) in [4.78, 5) is 39.0. The molecule has 3 rings (SSSR count). The van der Waals surface area contributed by atoms with E-state index in [9.17, 15) is 14.4 Å². The third-order valence-electron chi connectivity index (χ3n) is 5.51. The largest absolute Gasteiger partial charge is 0.445 e. The van der Waals surface area contributed by atoms with Crippen LogP contribution in [0.5, 0.6) is 0 Å². The summed E-state index contributed by atoms with van der Waals surface area (Å²) < 4.78 is 5.20. The van der Waals surface area contributed by atoms with E-state index in [1.54, 1.807) is 49.2 Å². The van der Waals surface area contributed by atoms with Crippen LogP contribution >= 0.6 is 0 Å². The zero-order valence-corrected chi connectivity index (χ0v) is 19.5.